The molecule has 0 saturated heterocycles. The molecule has 0 bridgehead atoms. The highest BCUT2D eigenvalue weighted by atomic mass is 14.7. The maximum absolute atomic E-state index is 6.48. The summed E-state index contributed by atoms with van der Waals surface area (Å²) in [6.07, 6.45) is 7.87. The first kappa shape index (κ1) is 22.9. The number of aromatic nitrogens is 2. The zero-order valence-corrected chi connectivity index (χ0v) is 21.5. The van der Waals surface area contributed by atoms with E-state index in [1.54, 1.807) is 0 Å². The highest BCUT2D eigenvalue weighted by Gasteiger charge is 2.13. The highest BCUT2D eigenvalue weighted by Crippen LogP contribution is 2.31. The normalized spacial score (nSPS) is 12.1. The number of nitrogen functional groups attached to an aromatic ring is 1. The molecular formula is C35H25N4+. The van der Waals surface area contributed by atoms with Gasteiger partial charge in [-0.15, -0.1) is 0 Å². The molecule has 0 radical (unpaired) electrons. The predicted molar refractivity (Wildman–Crippen MR) is 163 cm³/mol. The molecule has 0 spiro atoms. The van der Waals surface area contributed by atoms with Crippen LogP contribution in [0.5, 0.6) is 0 Å². The second kappa shape index (κ2) is 9.21. The van der Waals surface area contributed by atoms with Crippen molar-refractivity contribution in [3.63, 3.8) is 0 Å². The fourth-order valence-electron chi connectivity index (χ4n) is 5.24. The van der Waals surface area contributed by atoms with Crippen LogP contribution in [-0.4, -0.2) is 16.2 Å². The Morgan fingerprint density at radius 3 is 1.95 bits per heavy atom. The van der Waals surface area contributed by atoms with Crippen LogP contribution in [0.1, 0.15) is 12.5 Å². The van der Waals surface area contributed by atoms with Gasteiger partial charge in [0.15, 0.2) is 5.52 Å². The molecule has 4 nitrogen and oxygen atoms in total. The van der Waals surface area contributed by atoms with E-state index < -0.39 is 0 Å². The first-order chi connectivity index (χ1) is 19.2. The van der Waals surface area contributed by atoms with Gasteiger partial charge in [0, 0.05) is 28.0 Å². The Bertz CT molecular complexity index is 2130. The van der Waals surface area contributed by atoms with E-state index in [1.807, 2.05) is 37.4 Å². The minimum absolute atomic E-state index is 0.702. The van der Waals surface area contributed by atoms with Gasteiger partial charge in [-0.1, -0.05) is 83.6 Å². The van der Waals surface area contributed by atoms with Gasteiger partial charge in [0.1, 0.15) is 0 Å². The average Bonchev–Trinajstić information content (AvgIpc) is 3.48. The zero-order chi connectivity index (χ0) is 26.3. The Labute approximate surface area is 225 Å². The summed E-state index contributed by atoms with van der Waals surface area (Å²) in [6, 6.07) is 33.7. The number of nitrogens with two attached hydrogens (primary N) is 1. The van der Waals surface area contributed by atoms with Gasteiger partial charge in [-0.2, -0.15) is 0 Å². The molecule has 2 aromatic heterocycles. The molecule has 4 heteroatoms. The number of benzene rings is 4. The van der Waals surface area contributed by atoms with Crippen molar-refractivity contribution >= 4 is 45.9 Å². The third kappa shape index (κ3) is 4.00. The van der Waals surface area contributed by atoms with Crippen molar-refractivity contribution in [3.05, 3.63) is 119 Å². The Hall–Kier alpha value is -5.31. The minimum atomic E-state index is 0.702. The van der Waals surface area contributed by atoms with E-state index in [9.17, 15) is 0 Å². The van der Waals surface area contributed by atoms with Crippen molar-refractivity contribution in [2.24, 2.45) is 0 Å². The minimum Gasteiger partial charge on any atom is -0.396 e. The third-order valence-electron chi connectivity index (χ3n) is 7.26. The van der Waals surface area contributed by atoms with E-state index in [-0.39, 0.29) is 0 Å². The molecule has 39 heavy (non-hydrogen) atoms. The smallest absolute Gasteiger partial charge is 0.360 e. The Balaban J connectivity index is 1.29. The molecule has 7 rings (SSSR count). The van der Waals surface area contributed by atoms with E-state index in [2.05, 4.69) is 95.7 Å². The number of pyridine rings is 2. The summed E-state index contributed by atoms with van der Waals surface area (Å²) in [4.78, 5) is 9.98. The van der Waals surface area contributed by atoms with E-state index in [1.165, 1.54) is 0 Å². The summed E-state index contributed by atoms with van der Waals surface area (Å²) in [5, 5.41) is 4.18. The van der Waals surface area contributed by atoms with Crippen molar-refractivity contribution in [3.8, 4) is 33.6 Å². The van der Waals surface area contributed by atoms with E-state index in [4.69, 9.17) is 15.7 Å². The van der Waals surface area contributed by atoms with Crippen LogP contribution in [0.15, 0.2) is 103 Å². The molecule has 1 aliphatic rings. The van der Waals surface area contributed by atoms with E-state index >= 15 is 0 Å². The molecule has 1 aliphatic heterocycles. The molecule has 0 fully saturated rings. The molecule has 3 heterocycles. The van der Waals surface area contributed by atoms with Gasteiger partial charge in [0.25, 0.3) is 6.21 Å². The summed E-state index contributed by atoms with van der Waals surface area (Å²) in [5.41, 5.74) is 16.1. The van der Waals surface area contributed by atoms with E-state index in [0.29, 0.717) is 5.69 Å². The van der Waals surface area contributed by atoms with Crippen LogP contribution in [-0.2, 0) is 0 Å². The number of fused-ring (bicyclic) bond motifs is 4. The Kier molecular flexibility index (Phi) is 5.40. The van der Waals surface area contributed by atoms with Crippen LogP contribution in [0, 0.1) is 0 Å². The quantitative estimate of drug-likeness (QED) is 0.240. The molecule has 6 aromatic rings. The Morgan fingerprint density at radius 2 is 1.26 bits per heavy atom. The maximum atomic E-state index is 6.48. The summed E-state index contributed by atoms with van der Waals surface area (Å²) in [7, 11) is 0. The topological polar surface area (TPSA) is 65.9 Å². The van der Waals surface area contributed by atoms with Crippen LogP contribution in [0.3, 0.4) is 0 Å². The lowest BCUT2D eigenvalue weighted by Gasteiger charge is -2.10. The van der Waals surface area contributed by atoms with Crippen LogP contribution in [0.4, 0.5) is 5.69 Å². The lowest BCUT2D eigenvalue weighted by Crippen LogP contribution is -2.25. The molecule has 4 aromatic carbocycles. The summed E-state index contributed by atoms with van der Waals surface area (Å²) in [5.74, 6) is 0. The average molecular weight is 502 g/mol. The number of allylic oxidation sites excluding steroid dienone is 1. The second-order valence-corrected chi connectivity index (χ2v) is 9.71. The molecule has 0 atom stereocenters. The standard InChI is InChI=1S/C35H25N4/c1-2-5-22-10-11-23-14-16-30(38-33(23)32(22)36)28-8-3-6-26(20-28)27-7-4-9-29(21-27)31-17-15-24-12-13-25-18-19-37-34(25)35(24)39-31/h2-21H,36H2,1H3/q+1/b5-2-. The highest BCUT2D eigenvalue weighted by molar-refractivity contribution is 5.95. The first-order valence-electron chi connectivity index (χ1n) is 13.0. The Morgan fingerprint density at radius 1 is 0.667 bits per heavy atom. The molecule has 0 unspecified atom stereocenters. The van der Waals surface area contributed by atoms with Crippen molar-refractivity contribution < 1.29 is 0 Å². The molecule has 0 saturated carbocycles. The lowest BCUT2D eigenvalue weighted by molar-refractivity contribution is 1.32. The van der Waals surface area contributed by atoms with Crippen molar-refractivity contribution in [2.45, 2.75) is 6.92 Å². The monoisotopic (exact) mass is 501 g/mol. The largest absolute Gasteiger partial charge is 0.396 e. The SMILES string of the molecule is C/C=C\c1ccc2ccc(-c3cccc(-c4cccc(-c5ccc6ccc7c(c6n5)=[N+]=CC=7)c4)c3)nc2c1N. The van der Waals surface area contributed by atoms with Crippen molar-refractivity contribution in [1.82, 2.24) is 14.6 Å². The second-order valence-electron chi connectivity index (χ2n) is 9.71. The van der Waals surface area contributed by atoms with Gasteiger partial charge in [0.05, 0.1) is 27.8 Å². The van der Waals surface area contributed by atoms with Gasteiger partial charge in [-0.05, 0) is 53.9 Å². The number of rotatable bonds is 4. The summed E-state index contributed by atoms with van der Waals surface area (Å²) >= 11 is 0. The third-order valence-corrected chi connectivity index (χ3v) is 7.26. The van der Waals surface area contributed by atoms with Gasteiger partial charge in [0.2, 0.25) is 0 Å². The molecule has 184 valence electrons. The zero-order valence-electron chi connectivity index (χ0n) is 21.5. The van der Waals surface area contributed by atoms with Crippen LogP contribution >= 0.6 is 0 Å². The fourth-order valence-corrected chi connectivity index (χ4v) is 5.24. The van der Waals surface area contributed by atoms with Gasteiger partial charge < -0.3 is 5.73 Å². The first-order valence-corrected chi connectivity index (χ1v) is 13.0. The molecule has 2 N–H and O–H groups in total. The van der Waals surface area contributed by atoms with Crippen molar-refractivity contribution in [1.29, 1.82) is 0 Å². The van der Waals surface area contributed by atoms with Crippen LogP contribution in [0.2, 0.25) is 0 Å². The maximum Gasteiger partial charge on any atom is 0.360 e. The van der Waals surface area contributed by atoms with Crippen molar-refractivity contribution in [2.75, 3.05) is 5.73 Å². The van der Waals surface area contributed by atoms with E-state index in [0.717, 1.165) is 71.6 Å². The number of hydrogen-bond acceptors (Lipinski definition) is 3. The fraction of sp³-hybridized carbons (Fsp3) is 0.0286. The summed E-state index contributed by atoms with van der Waals surface area (Å²) in [6.45, 7) is 1.99. The number of anilines is 1. The van der Waals surface area contributed by atoms with Gasteiger partial charge >= 0.3 is 5.36 Å². The van der Waals surface area contributed by atoms with Crippen LogP contribution < -0.4 is 21.0 Å². The van der Waals surface area contributed by atoms with Gasteiger partial charge in [-0.3, -0.25) is 0 Å². The predicted octanol–water partition coefficient (Wildman–Crippen LogP) is 5.95. The lowest BCUT2D eigenvalue weighted by atomic mass is 9.98. The number of nitrogens with zero attached hydrogens (tertiary/aromatic N) is 3. The number of hydrogen-bond donors (Lipinski definition) is 1. The van der Waals surface area contributed by atoms with Gasteiger partial charge in [-0.25, -0.2) is 9.97 Å². The summed E-state index contributed by atoms with van der Waals surface area (Å²) < 4.78 is 4.54. The molecule has 0 amide bonds. The molecule has 0 aliphatic carbocycles. The molecular weight excluding hydrogens is 476 g/mol. The van der Waals surface area contributed by atoms with Crippen LogP contribution in [0.25, 0.3) is 67.6 Å².